The van der Waals surface area contributed by atoms with Crippen LogP contribution in [-0.2, 0) is 0 Å². The molecule has 0 atom stereocenters. The van der Waals surface area contributed by atoms with Gasteiger partial charge in [-0.25, -0.2) is 0 Å². The van der Waals surface area contributed by atoms with Gasteiger partial charge < -0.3 is 4.42 Å². The lowest BCUT2D eigenvalue weighted by Gasteiger charge is -2.03. The standard InChI is InChI=1S/C21H14ClNO/c22-17-11-9-16(10-12-17)21-18(15-6-2-1-3-7-15)14-20(24-21)19-8-4-5-13-23-19/h1-14H. The number of rotatable bonds is 3. The lowest BCUT2D eigenvalue weighted by molar-refractivity contribution is 0.595. The second-order valence-corrected chi connectivity index (χ2v) is 5.88. The maximum absolute atomic E-state index is 6.18. The Morgan fingerprint density at radius 2 is 1.50 bits per heavy atom. The number of aromatic nitrogens is 1. The smallest absolute Gasteiger partial charge is 0.153 e. The number of halogens is 1. The van der Waals surface area contributed by atoms with Crippen molar-refractivity contribution in [1.82, 2.24) is 4.98 Å². The van der Waals surface area contributed by atoms with E-state index in [0.717, 1.165) is 33.9 Å². The summed E-state index contributed by atoms with van der Waals surface area (Å²) in [5.74, 6) is 1.57. The Morgan fingerprint density at radius 3 is 2.21 bits per heavy atom. The van der Waals surface area contributed by atoms with Crippen molar-refractivity contribution in [3.8, 4) is 33.9 Å². The lowest BCUT2D eigenvalue weighted by atomic mass is 10.0. The van der Waals surface area contributed by atoms with Gasteiger partial charge in [-0.3, -0.25) is 4.98 Å². The largest absolute Gasteiger partial charge is 0.454 e. The minimum atomic E-state index is 0.705. The predicted octanol–water partition coefficient (Wildman–Crippen LogP) is 6.33. The molecule has 0 spiro atoms. The molecule has 0 radical (unpaired) electrons. The van der Waals surface area contributed by atoms with Crippen LogP contribution in [0.3, 0.4) is 0 Å². The summed E-state index contributed by atoms with van der Waals surface area (Å²) in [6, 6.07) is 25.7. The average Bonchev–Trinajstić information content (AvgIpc) is 3.09. The molecule has 0 aliphatic rings. The third kappa shape index (κ3) is 2.84. The van der Waals surface area contributed by atoms with E-state index in [-0.39, 0.29) is 0 Å². The van der Waals surface area contributed by atoms with Gasteiger partial charge in [0.1, 0.15) is 11.5 Å². The fraction of sp³-hybridized carbons (Fsp3) is 0. The van der Waals surface area contributed by atoms with Crippen molar-refractivity contribution in [2.45, 2.75) is 0 Å². The van der Waals surface area contributed by atoms with Crippen LogP contribution in [0, 0.1) is 0 Å². The van der Waals surface area contributed by atoms with Gasteiger partial charge in [-0.05, 0) is 48.0 Å². The molecule has 0 N–H and O–H groups in total. The zero-order valence-corrected chi connectivity index (χ0v) is 13.6. The zero-order chi connectivity index (χ0) is 16.4. The van der Waals surface area contributed by atoms with Crippen LogP contribution in [0.4, 0.5) is 0 Å². The molecule has 4 aromatic rings. The highest BCUT2D eigenvalue weighted by molar-refractivity contribution is 6.30. The first-order valence-electron chi connectivity index (χ1n) is 7.68. The molecule has 0 bridgehead atoms. The third-order valence-electron chi connectivity index (χ3n) is 3.84. The molecule has 0 fully saturated rings. The summed E-state index contributed by atoms with van der Waals surface area (Å²) in [6.45, 7) is 0. The molecule has 3 heteroatoms. The van der Waals surface area contributed by atoms with E-state index in [0.29, 0.717) is 5.02 Å². The molecule has 0 saturated carbocycles. The molecule has 0 amide bonds. The van der Waals surface area contributed by atoms with Crippen LogP contribution in [0.1, 0.15) is 0 Å². The van der Waals surface area contributed by atoms with Crippen LogP contribution >= 0.6 is 11.6 Å². The van der Waals surface area contributed by atoms with Crippen LogP contribution in [0.15, 0.2) is 89.5 Å². The Hall–Kier alpha value is -2.84. The first-order valence-corrected chi connectivity index (χ1v) is 8.06. The minimum Gasteiger partial charge on any atom is -0.454 e. The maximum Gasteiger partial charge on any atom is 0.153 e. The average molecular weight is 332 g/mol. The number of benzene rings is 2. The second kappa shape index (κ2) is 6.34. The first-order chi connectivity index (χ1) is 11.8. The van der Waals surface area contributed by atoms with Crippen molar-refractivity contribution in [3.05, 3.63) is 90.1 Å². The molecule has 0 saturated heterocycles. The highest BCUT2D eigenvalue weighted by atomic mass is 35.5. The Kier molecular flexibility index (Phi) is 3.89. The highest BCUT2D eigenvalue weighted by Gasteiger charge is 2.16. The fourth-order valence-corrected chi connectivity index (χ4v) is 2.80. The lowest BCUT2D eigenvalue weighted by Crippen LogP contribution is -1.79. The summed E-state index contributed by atoms with van der Waals surface area (Å²) in [4.78, 5) is 4.39. The Morgan fingerprint density at radius 1 is 0.750 bits per heavy atom. The van der Waals surface area contributed by atoms with Crippen LogP contribution < -0.4 is 0 Å². The van der Waals surface area contributed by atoms with E-state index in [1.54, 1.807) is 6.20 Å². The van der Waals surface area contributed by atoms with E-state index in [4.69, 9.17) is 16.0 Å². The van der Waals surface area contributed by atoms with Crippen LogP contribution in [0.25, 0.3) is 33.9 Å². The van der Waals surface area contributed by atoms with E-state index in [2.05, 4.69) is 17.1 Å². The summed E-state index contributed by atoms with van der Waals surface area (Å²) in [7, 11) is 0. The molecule has 2 heterocycles. The van der Waals surface area contributed by atoms with Gasteiger partial charge in [-0.1, -0.05) is 48.0 Å². The van der Waals surface area contributed by atoms with Crippen molar-refractivity contribution < 1.29 is 4.42 Å². The van der Waals surface area contributed by atoms with Gasteiger partial charge >= 0.3 is 0 Å². The molecule has 0 unspecified atom stereocenters. The molecule has 2 nitrogen and oxygen atoms in total. The third-order valence-corrected chi connectivity index (χ3v) is 4.09. The van der Waals surface area contributed by atoms with E-state index in [9.17, 15) is 0 Å². The number of hydrogen-bond acceptors (Lipinski definition) is 2. The summed E-state index contributed by atoms with van der Waals surface area (Å²) in [6.07, 6.45) is 1.77. The van der Waals surface area contributed by atoms with Crippen molar-refractivity contribution in [3.63, 3.8) is 0 Å². The van der Waals surface area contributed by atoms with Gasteiger partial charge in [0.2, 0.25) is 0 Å². The van der Waals surface area contributed by atoms with Crippen molar-refractivity contribution in [1.29, 1.82) is 0 Å². The molecule has 2 aromatic carbocycles. The summed E-state index contributed by atoms with van der Waals surface area (Å²) in [5, 5.41) is 0.705. The van der Waals surface area contributed by atoms with Gasteiger partial charge in [0.15, 0.2) is 5.76 Å². The number of nitrogens with zero attached hydrogens (tertiary/aromatic N) is 1. The fourth-order valence-electron chi connectivity index (χ4n) is 2.67. The Labute approximate surface area is 145 Å². The van der Waals surface area contributed by atoms with Gasteiger partial charge in [0.25, 0.3) is 0 Å². The molecular formula is C21H14ClNO. The normalized spacial score (nSPS) is 10.7. The zero-order valence-electron chi connectivity index (χ0n) is 12.8. The van der Waals surface area contributed by atoms with Gasteiger partial charge in [-0.15, -0.1) is 0 Å². The highest BCUT2D eigenvalue weighted by Crippen LogP contribution is 2.38. The van der Waals surface area contributed by atoms with Crippen molar-refractivity contribution in [2.75, 3.05) is 0 Å². The number of pyridine rings is 1. The molecular weight excluding hydrogens is 318 g/mol. The van der Waals surface area contributed by atoms with E-state index in [1.165, 1.54) is 0 Å². The summed E-state index contributed by atoms with van der Waals surface area (Å²) >= 11 is 6.02. The molecule has 0 aliphatic carbocycles. The van der Waals surface area contributed by atoms with Crippen molar-refractivity contribution in [2.24, 2.45) is 0 Å². The van der Waals surface area contributed by atoms with E-state index < -0.39 is 0 Å². The molecule has 2 aromatic heterocycles. The van der Waals surface area contributed by atoms with Crippen LogP contribution in [0.5, 0.6) is 0 Å². The molecule has 4 rings (SSSR count). The number of hydrogen-bond donors (Lipinski definition) is 0. The second-order valence-electron chi connectivity index (χ2n) is 5.44. The van der Waals surface area contributed by atoms with Crippen LogP contribution in [0.2, 0.25) is 5.02 Å². The molecule has 0 aliphatic heterocycles. The monoisotopic (exact) mass is 331 g/mol. The van der Waals surface area contributed by atoms with E-state index in [1.807, 2.05) is 66.7 Å². The minimum absolute atomic E-state index is 0.705. The Bertz CT molecular complexity index is 944. The molecule has 116 valence electrons. The maximum atomic E-state index is 6.18. The van der Waals surface area contributed by atoms with Gasteiger partial charge in [0.05, 0.1) is 0 Å². The predicted molar refractivity (Wildman–Crippen MR) is 97.8 cm³/mol. The summed E-state index contributed by atoms with van der Waals surface area (Å²) in [5.41, 5.74) is 3.95. The number of furan rings is 1. The quantitative estimate of drug-likeness (QED) is 0.438. The summed E-state index contributed by atoms with van der Waals surface area (Å²) < 4.78 is 6.18. The Balaban J connectivity index is 1.90. The van der Waals surface area contributed by atoms with Gasteiger partial charge in [-0.2, -0.15) is 0 Å². The van der Waals surface area contributed by atoms with Gasteiger partial charge in [0, 0.05) is 22.3 Å². The van der Waals surface area contributed by atoms with Crippen molar-refractivity contribution >= 4 is 11.6 Å². The SMILES string of the molecule is Clc1ccc(-c2oc(-c3ccccn3)cc2-c2ccccc2)cc1. The first kappa shape index (κ1) is 14.7. The topological polar surface area (TPSA) is 26.0 Å². The molecule has 24 heavy (non-hydrogen) atoms. The van der Waals surface area contributed by atoms with E-state index >= 15 is 0 Å². The van der Waals surface area contributed by atoms with Crippen LogP contribution in [-0.4, -0.2) is 4.98 Å².